The zero-order chi connectivity index (χ0) is 21.4. The minimum atomic E-state index is -0.298. The molecular weight excluding hydrogens is 396 g/mol. The topological polar surface area (TPSA) is 106 Å². The maximum atomic E-state index is 13.2. The van der Waals surface area contributed by atoms with Gasteiger partial charge in [-0.05, 0) is 24.3 Å². The summed E-state index contributed by atoms with van der Waals surface area (Å²) in [5.41, 5.74) is 6.95. The number of amides is 2. The molecule has 0 radical (unpaired) electrons. The van der Waals surface area contributed by atoms with Gasteiger partial charge in [-0.1, -0.05) is 18.2 Å². The van der Waals surface area contributed by atoms with E-state index in [1.54, 1.807) is 6.26 Å². The Morgan fingerprint density at radius 3 is 2.68 bits per heavy atom. The number of carbonyl (C=O) groups is 2. The third-order valence-electron chi connectivity index (χ3n) is 6.24. The van der Waals surface area contributed by atoms with Gasteiger partial charge in [-0.3, -0.25) is 9.59 Å². The smallest absolute Gasteiger partial charge is 0.298 e. The zero-order valence-corrected chi connectivity index (χ0v) is 17.1. The van der Waals surface area contributed by atoms with Gasteiger partial charge < -0.3 is 19.5 Å². The number of carbonyl (C=O) groups excluding carboxylic acids is 2. The number of benzene rings is 1. The van der Waals surface area contributed by atoms with Crippen LogP contribution in [-0.2, 0) is 9.59 Å². The molecule has 0 aliphatic carbocycles. The van der Waals surface area contributed by atoms with Gasteiger partial charge in [-0.25, -0.2) is 5.01 Å². The first-order valence-electron chi connectivity index (χ1n) is 10.6. The molecule has 5 rings (SSSR count). The number of nitrogens with one attached hydrogen (secondary N) is 1. The van der Waals surface area contributed by atoms with Gasteiger partial charge in [0.15, 0.2) is 12.3 Å². The van der Waals surface area contributed by atoms with E-state index in [1.807, 2.05) is 42.5 Å². The third-order valence-corrected chi connectivity index (χ3v) is 6.24. The molecule has 2 aliphatic heterocycles. The number of primary amides is 1. The Balaban J connectivity index is 1.36. The van der Waals surface area contributed by atoms with E-state index in [-0.39, 0.29) is 23.8 Å². The summed E-state index contributed by atoms with van der Waals surface area (Å²) in [6.07, 6.45) is 3.56. The maximum Gasteiger partial charge on any atom is 0.298 e. The van der Waals surface area contributed by atoms with E-state index in [2.05, 4.69) is 5.10 Å². The van der Waals surface area contributed by atoms with Gasteiger partial charge in [-0.2, -0.15) is 5.10 Å². The molecule has 2 amide bonds. The summed E-state index contributed by atoms with van der Waals surface area (Å²) in [5.74, 6) is 0.968. The quantitative estimate of drug-likeness (QED) is 0.651. The van der Waals surface area contributed by atoms with Crippen molar-refractivity contribution in [1.82, 2.24) is 5.01 Å². The average molecular weight is 421 g/mol. The lowest BCUT2D eigenvalue weighted by atomic mass is 9.96. The molecule has 0 bridgehead atoms. The molecule has 2 aliphatic rings. The number of piperidine rings is 1. The molecular formula is C23H25N4O4+. The van der Waals surface area contributed by atoms with Crippen LogP contribution in [0.25, 0.3) is 11.0 Å². The van der Waals surface area contributed by atoms with E-state index in [0.717, 1.165) is 34.7 Å². The number of nitrogens with zero attached hydrogens (tertiary/aromatic N) is 2. The van der Waals surface area contributed by atoms with Crippen molar-refractivity contribution in [3.8, 4) is 0 Å². The van der Waals surface area contributed by atoms with Gasteiger partial charge in [0, 0.05) is 30.6 Å². The molecule has 0 saturated carbocycles. The largest absolute Gasteiger partial charge is 0.467 e. The lowest BCUT2D eigenvalue weighted by Gasteiger charge is -2.28. The van der Waals surface area contributed by atoms with Crippen LogP contribution >= 0.6 is 0 Å². The Bertz CT molecular complexity index is 1090. The Morgan fingerprint density at radius 2 is 1.97 bits per heavy atom. The highest BCUT2D eigenvalue weighted by Gasteiger charge is 2.38. The van der Waals surface area contributed by atoms with Crippen LogP contribution in [0.2, 0.25) is 0 Å². The molecule has 8 nitrogen and oxygen atoms in total. The minimum absolute atomic E-state index is 0.0694. The Hall–Kier alpha value is -3.39. The van der Waals surface area contributed by atoms with Crippen molar-refractivity contribution >= 4 is 28.5 Å². The molecule has 1 fully saturated rings. The van der Waals surface area contributed by atoms with Gasteiger partial charge in [0.25, 0.3) is 5.91 Å². The number of nitrogens with two attached hydrogens (primary N) is 1. The van der Waals surface area contributed by atoms with Gasteiger partial charge in [0.1, 0.15) is 23.1 Å². The summed E-state index contributed by atoms with van der Waals surface area (Å²) in [6, 6.07) is 13.1. The number of hydrogen-bond donors (Lipinski definition) is 2. The van der Waals surface area contributed by atoms with Crippen LogP contribution in [0.5, 0.6) is 0 Å². The minimum Gasteiger partial charge on any atom is -0.467 e. The summed E-state index contributed by atoms with van der Waals surface area (Å²) < 4.78 is 11.6. The lowest BCUT2D eigenvalue weighted by molar-refractivity contribution is -0.898. The molecule has 0 unspecified atom stereocenters. The molecule has 0 spiro atoms. The van der Waals surface area contributed by atoms with Crippen molar-refractivity contribution in [2.24, 2.45) is 16.8 Å². The summed E-state index contributed by atoms with van der Waals surface area (Å²) in [5, 5.41) is 7.20. The van der Waals surface area contributed by atoms with Crippen LogP contribution in [0.3, 0.4) is 0 Å². The van der Waals surface area contributed by atoms with Crippen LogP contribution < -0.4 is 10.6 Å². The molecule has 31 heavy (non-hydrogen) atoms. The van der Waals surface area contributed by atoms with Gasteiger partial charge in [0.2, 0.25) is 5.91 Å². The number of para-hydroxylation sites is 1. The Morgan fingerprint density at radius 1 is 1.16 bits per heavy atom. The molecule has 3 aromatic rings. The number of hydrazone groups is 1. The standard InChI is InChI=1S/C23H24N4O4/c24-23(29)15-7-9-26(10-8-15)14-22(28)27-18(20-6-3-11-30-20)13-17(25-27)21-12-16-4-1-2-5-19(16)31-21/h1-6,11-12,15,18H,7-10,13-14H2,(H2,24,29)/p+1/t18-/m1/s1. The van der Waals surface area contributed by atoms with Crippen LogP contribution in [-0.4, -0.2) is 42.2 Å². The SMILES string of the molecule is NC(=O)C1CC[NH+](CC(=O)N2N=C(c3cc4ccccc4o3)C[C@@H]2c2ccco2)CC1. The second-order valence-corrected chi connectivity index (χ2v) is 8.27. The monoisotopic (exact) mass is 421 g/mol. The molecule has 1 aromatic carbocycles. The highest BCUT2D eigenvalue weighted by atomic mass is 16.3. The van der Waals surface area contributed by atoms with Gasteiger partial charge in [-0.15, -0.1) is 0 Å². The fourth-order valence-corrected chi connectivity index (χ4v) is 4.50. The molecule has 4 heterocycles. The highest BCUT2D eigenvalue weighted by molar-refractivity contribution is 6.03. The summed E-state index contributed by atoms with van der Waals surface area (Å²) in [7, 11) is 0. The first kappa shape index (κ1) is 19.6. The van der Waals surface area contributed by atoms with Crippen molar-refractivity contribution in [2.45, 2.75) is 25.3 Å². The van der Waals surface area contributed by atoms with E-state index in [0.29, 0.717) is 37.3 Å². The molecule has 160 valence electrons. The van der Waals surface area contributed by atoms with Crippen LogP contribution in [0, 0.1) is 5.92 Å². The third kappa shape index (κ3) is 3.86. The maximum absolute atomic E-state index is 13.2. The Labute approximate surface area is 179 Å². The number of rotatable bonds is 5. The summed E-state index contributed by atoms with van der Waals surface area (Å²) in [4.78, 5) is 25.8. The molecule has 3 N–H and O–H groups in total. The summed E-state index contributed by atoms with van der Waals surface area (Å²) in [6.45, 7) is 1.82. The van der Waals surface area contributed by atoms with Crippen LogP contribution in [0.4, 0.5) is 0 Å². The zero-order valence-electron chi connectivity index (χ0n) is 17.1. The molecule has 1 saturated heterocycles. The van der Waals surface area contributed by atoms with Crippen molar-refractivity contribution in [1.29, 1.82) is 0 Å². The normalized spacial score (nSPS) is 23.8. The van der Waals surface area contributed by atoms with Crippen LogP contribution in [0.1, 0.15) is 36.8 Å². The number of quaternary nitrogens is 1. The number of likely N-dealkylation sites (tertiary alicyclic amines) is 1. The van der Waals surface area contributed by atoms with Gasteiger partial charge in [0.05, 0.1) is 19.4 Å². The Kier molecular flexibility index (Phi) is 5.07. The second-order valence-electron chi connectivity index (χ2n) is 8.27. The fourth-order valence-electron chi connectivity index (χ4n) is 4.50. The van der Waals surface area contributed by atoms with Crippen molar-refractivity contribution < 1.29 is 23.3 Å². The summed E-state index contributed by atoms with van der Waals surface area (Å²) >= 11 is 0. The predicted octanol–water partition coefficient (Wildman–Crippen LogP) is 1.48. The number of hydrogen-bond acceptors (Lipinski definition) is 5. The van der Waals surface area contributed by atoms with Crippen molar-refractivity contribution in [3.63, 3.8) is 0 Å². The molecule has 8 heteroatoms. The van der Waals surface area contributed by atoms with E-state index in [1.165, 1.54) is 5.01 Å². The average Bonchev–Trinajstić information content (AvgIpc) is 3.52. The second kappa shape index (κ2) is 8.03. The predicted molar refractivity (Wildman–Crippen MR) is 113 cm³/mol. The lowest BCUT2D eigenvalue weighted by Crippen LogP contribution is -3.14. The van der Waals surface area contributed by atoms with E-state index in [4.69, 9.17) is 14.6 Å². The van der Waals surface area contributed by atoms with E-state index < -0.39 is 0 Å². The molecule has 1 atom stereocenters. The van der Waals surface area contributed by atoms with Crippen molar-refractivity contribution in [2.75, 3.05) is 19.6 Å². The fraction of sp³-hybridized carbons (Fsp3) is 0.348. The van der Waals surface area contributed by atoms with E-state index >= 15 is 0 Å². The number of fused-ring (bicyclic) bond motifs is 1. The highest BCUT2D eigenvalue weighted by Crippen LogP contribution is 2.34. The van der Waals surface area contributed by atoms with Crippen LogP contribution in [0.15, 0.2) is 62.7 Å². The number of furan rings is 2. The van der Waals surface area contributed by atoms with Crippen molar-refractivity contribution in [3.05, 3.63) is 60.2 Å². The van der Waals surface area contributed by atoms with Gasteiger partial charge >= 0.3 is 0 Å². The van der Waals surface area contributed by atoms with E-state index in [9.17, 15) is 9.59 Å². The first-order chi connectivity index (χ1) is 15.1. The first-order valence-corrected chi connectivity index (χ1v) is 10.6. The molecule has 2 aromatic heterocycles.